The zero-order chi connectivity index (χ0) is 36.3. The van der Waals surface area contributed by atoms with Gasteiger partial charge in [0.15, 0.2) is 17.7 Å². The lowest BCUT2D eigenvalue weighted by Crippen LogP contribution is -2.56. The third kappa shape index (κ3) is 6.04. The summed E-state index contributed by atoms with van der Waals surface area (Å²) in [5, 5.41) is 0. The maximum absolute atomic E-state index is 14.3. The Labute approximate surface area is 292 Å². The van der Waals surface area contributed by atoms with Gasteiger partial charge in [-0.05, 0) is 97.5 Å². The topological polar surface area (TPSA) is 132 Å². The Morgan fingerprint density at radius 3 is 2.24 bits per heavy atom. The molecule has 10 nitrogen and oxygen atoms in total. The predicted octanol–water partition coefficient (Wildman–Crippen LogP) is 7.45. The molecule has 49 heavy (non-hydrogen) atoms. The molecule has 4 fully saturated rings. The fourth-order valence-electron chi connectivity index (χ4n) is 11.6. The minimum atomic E-state index is -3.82. The summed E-state index contributed by atoms with van der Waals surface area (Å²) in [6, 6.07) is 0. The van der Waals surface area contributed by atoms with Crippen molar-refractivity contribution >= 4 is 31.3 Å². The van der Waals surface area contributed by atoms with Crippen LogP contribution in [0.15, 0.2) is 24.3 Å². The highest BCUT2D eigenvalue weighted by Crippen LogP contribution is 2.87. The van der Waals surface area contributed by atoms with E-state index in [9.17, 15) is 23.7 Å². The van der Waals surface area contributed by atoms with E-state index in [-0.39, 0.29) is 70.6 Å². The molecule has 0 N–H and O–H groups in total. The molecule has 0 amide bonds. The van der Waals surface area contributed by atoms with Crippen molar-refractivity contribution in [3.63, 3.8) is 0 Å². The average molecular weight is 705 g/mol. The van der Waals surface area contributed by atoms with Crippen LogP contribution in [0.5, 0.6) is 0 Å². The lowest BCUT2D eigenvalue weighted by atomic mass is 9.43. The van der Waals surface area contributed by atoms with Crippen LogP contribution in [-0.4, -0.2) is 55.5 Å². The van der Waals surface area contributed by atoms with Gasteiger partial charge in [0.05, 0.1) is 19.8 Å². The maximum atomic E-state index is 14.3. The lowest BCUT2D eigenvalue weighted by molar-refractivity contribution is -0.166. The minimum absolute atomic E-state index is 0.0262. The van der Waals surface area contributed by atoms with Gasteiger partial charge in [-0.3, -0.25) is 32.7 Å². The van der Waals surface area contributed by atoms with Crippen molar-refractivity contribution in [2.24, 2.45) is 57.2 Å². The van der Waals surface area contributed by atoms with Crippen molar-refractivity contribution in [3.8, 4) is 0 Å². The zero-order valence-corrected chi connectivity index (χ0v) is 31.8. The van der Waals surface area contributed by atoms with Crippen LogP contribution in [0.2, 0.25) is 0 Å². The van der Waals surface area contributed by atoms with E-state index in [2.05, 4.69) is 33.4 Å². The molecule has 0 radical (unpaired) electrons. The van der Waals surface area contributed by atoms with E-state index < -0.39 is 43.6 Å². The van der Waals surface area contributed by atoms with E-state index in [1.54, 1.807) is 20.8 Å². The number of phosphoric ester groups is 1. The van der Waals surface area contributed by atoms with Gasteiger partial charge in [0.25, 0.3) is 0 Å². The molecule has 0 heterocycles. The van der Waals surface area contributed by atoms with Gasteiger partial charge >= 0.3 is 19.8 Å². The summed E-state index contributed by atoms with van der Waals surface area (Å²) in [7, 11) is -3.82. The van der Waals surface area contributed by atoms with Gasteiger partial charge in [0.2, 0.25) is 0 Å². The van der Waals surface area contributed by atoms with Crippen molar-refractivity contribution in [2.45, 2.75) is 113 Å². The van der Waals surface area contributed by atoms with Crippen molar-refractivity contribution in [3.05, 3.63) is 24.3 Å². The van der Waals surface area contributed by atoms with Crippen molar-refractivity contribution in [2.75, 3.05) is 19.8 Å². The maximum Gasteiger partial charge on any atom is 0.474 e. The molecule has 0 aromatic rings. The number of carbonyl (C=O) groups is 4. The van der Waals surface area contributed by atoms with E-state index in [0.717, 1.165) is 32.1 Å². The van der Waals surface area contributed by atoms with Gasteiger partial charge < -0.3 is 9.47 Å². The van der Waals surface area contributed by atoms with Gasteiger partial charge in [0, 0.05) is 37.5 Å². The molecular weight excluding hydrogens is 647 g/mol. The van der Waals surface area contributed by atoms with Crippen LogP contribution in [0.25, 0.3) is 0 Å². The molecule has 5 aliphatic carbocycles. The molecule has 0 saturated heterocycles. The van der Waals surface area contributed by atoms with Crippen LogP contribution in [0.4, 0.5) is 0 Å². The Kier molecular flexibility index (Phi) is 10.5. The van der Waals surface area contributed by atoms with Gasteiger partial charge in [0.1, 0.15) is 6.10 Å². The number of allylic oxidation sites excluding steroid dienone is 2. The molecule has 3 unspecified atom stereocenters. The van der Waals surface area contributed by atoms with Crippen LogP contribution in [0.1, 0.15) is 101 Å². The Balaban J connectivity index is 1.44. The normalized spacial score (nSPS) is 39.4. The highest BCUT2D eigenvalue weighted by Gasteiger charge is 2.81. The molecule has 0 bridgehead atoms. The SMILES string of the molecule is C=C(C(=O)[C@H](OC(C)=O)C(C)[C@H]1[C@@H](OC(C)=O)C[C@@]2(C)[C@@H]3CC[C@H]4[C@H](C)C(=O)C=CC45CC35CC[C@]12C)[C@@H](C)COP(=O)(OCC)OCC. The fraction of sp³-hybridized carbons (Fsp3) is 0.789. The van der Waals surface area contributed by atoms with E-state index in [0.29, 0.717) is 18.3 Å². The molecule has 2 spiro atoms. The van der Waals surface area contributed by atoms with Crippen LogP contribution < -0.4 is 0 Å². The third-order valence-electron chi connectivity index (χ3n) is 13.9. The minimum Gasteiger partial charge on any atom is -0.462 e. The fourth-order valence-corrected chi connectivity index (χ4v) is 12.8. The molecule has 0 aromatic carbocycles. The van der Waals surface area contributed by atoms with Gasteiger partial charge in [-0.15, -0.1) is 0 Å². The predicted molar refractivity (Wildman–Crippen MR) is 183 cm³/mol. The van der Waals surface area contributed by atoms with Crippen LogP contribution in [0, 0.1) is 57.2 Å². The Hall–Kier alpha value is -2.13. The number of carbonyl (C=O) groups excluding carboxylic acids is 4. The van der Waals surface area contributed by atoms with Crippen LogP contribution in [-0.2, 0) is 46.8 Å². The standard InChI is InChI=1S/C38H57O10P/c1-11-44-49(43,45-12-2)46-20-22(3)23(4)33(42)34(48-27(8)40)25(6)32-30(47-26(7)39)19-36(10)31-14-13-28-24(5)29(41)15-16-37(28)21-38(31,37)18-17-35(32,36)9/h15-16,22,24-25,28,30-32,34H,4,11-14,17-21H2,1-3,5-10H3/t22-,24-,25?,28-,30-,31-,32-,34+,35+,36-,37?,38?/m0/s1. The highest BCUT2D eigenvalue weighted by atomic mass is 31.2. The molecule has 0 aromatic heterocycles. The number of hydrogen-bond donors (Lipinski definition) is 0. The smallest absolute Gasteiger partial charge is 0.462 e. The molecular formula is C38H57O10P. The first-order valence-corrected chi connectivity index (χ1v) is 19.7. The van der Waals surface area contributed by atoms with E-state index in [1.165, 1.54) is 13.8 Å². The van der Waals surface area contributed by atoms with Crippen molar-refractivity contribution in [1.82, 2.24) is 0 Å². The Morgan fingerprint density at radius 2 is 1.65 bits per heavy atom. The molecule has 5 aliphatic rings. The number of hydrogen-bond acceptors (Lipinski definition) is 10. The molecule has 11 heteroatoms. The molecule has 0 aliphatic heterocycles. The number of ether oxygens (including phenoxy) is 2. The second-order valence-corrected chi connectivity index (χ2v) is 17.8. The first-order valence-electron chi connectivity index (χ1n) is 18.2. The largest absolute Gasteiger partial charge is 0.474 e. The number of esters is 2. The van der Waals surface area contributed by atoms with Gasteiger partial charge in [-0.25, -0.2) is 4.57 Å². The molecule has 4 saturated carbocycles. The van der Waals surface area contributed by atoms with E-state index >= 15 is 0 Å². The van der Waals surface area contributed by atoms with Gasteiger partial charge in [-0.1, -0.05) is 47.3 Å². The van der Waals surface area contributed by atoms with Crippen LogP contribution in [0.3, 0.4) is 0 Å². The average Bonchev–Trinajstić information content (AvgIpc) is 3.63. The summed E-state index contributed by atoms with van der Waals surface area (Å²) in [5.41, 5.74) is -0.254. The summed E-state index contributed by atoms with van der Waals surface area (Å²) in [5.74, 6) is -1.83. The van der Waals surface area contributed by atoms with E-state index in [1.807, 2.05) is 13.0 Å². The van der Waals surface area contributed by atoms with Crippen LogP contribution >= 0.6 is 7.82 Å². The summed E-state index contributed by atoms with van der Waals surface area (Å²) < 4.78 is 40.9. The highest BCUT2D eigenvalue weighted by molar-refractivity contribution is 7.48. The lowest BCUT2D eigenvalue weighted by Gasteiger charge is -2.61. The monoisotopic (exact) mass is 704 g/mol. The van der Waals surface area contributed by atoms with Gasteiger partial charge in [-0.2, -0.15) is 0 Å². The van der Waals surface area contributed by atoms with Crippen molar-refractivity contribution < 1.29 is 46.8 Å². The second-order valence-electron chi connectivity index (χ2n) is 16.1. The van der Waals surface area contributed by atoms with E-state index in [4.69, 9.17) is 23.0 Å². The molecule has 12 atom stereocenters. The number of phosphoric acid groups is 1. The number of fused-ring (bicyclic) bond motifs is 2. The first-order chi connectivity index (χ1) is 22.9. The summed E-state index contributed by atoms with van der Waals surface area (Å²) in [6.45, 7) is 20.6. The second kappa shape index (κ2) is 13.4. The molecule has 274 valence electrons. The van der Waals surface area contributed by atoms with Crippen molar-refractivity contribution in [1.29, 1.82) is 0 Å². The quantitative estimate of drug-likeness (QED) is 0.102. The first kappa shape index (κ1) is 38.1. The zero-order valence-electron chi connectivity index (χ0n) is 30.9. The summed E-state index contributed by atoms with van der Waals surface area (Å²) in [4.78, 5) is 52.2. The third-order valence-corrected chi connectivity index (χ3v) is 15.5. The Bertz CT molecular complexity index is 1450. The summed E-state index contributed by atoms with van der Waals surface area (Å²) >= 11 is 0. The molecule has 5 rings (SSSR count). The number of ketones is 2. The Morgan fingerprint density at radius 1 is 1.00 bits per heavy atom. The number of rotatable bonds is 14. The summed E-state index contributed by atoms with van der Waals surface area (Å²) in [6.07, 6.45) is 8.01. The number of Topliss-reactive ketones (excluding diaryl/α,β-unsaturated/α-hetero) is 1.